The monoisotopic (exact) mass is 397 g/mol. The fourth-order valence-corrected chi connectivity index (χ4v) is 4.08. The van der Waals surface area contributed by atoms with Crippen molar-refractivity contribution in [2.75, 3.05) is 18.5 Å². The van der Waals surface area contributed by atoms with Gasteiger partial charge in [0.2, 0.25) is 5.13 Å². The number of carbonyl (C=O) groups is 2. The zero-order chi connectivity index (χ0) is 19.7. The van der Waals surface area contributed by atoms with Crippen LogP contribution in [0.4, 0.5) is 9.93 Å². The minimum absolute atomic E-state index is 0.0729. The molecular formula is C19H19N5O3S. The average Bonchev–Trinajstić information content (AvgIpc) is 3.43. The van der Waals surface area contributed by atoms with Gasteiger partial charge in [0.05, 0.1) is 18.1 Å². The molecule has 8 nitrogen and oxygen atoms in total. The Labute approximate surface area is 166 Å². The van der Waals surface area contributed by atoms with Gasteiger partial charge in [-0.2, -0.15) is 5.26 Å². The summed E-state index contributed by atoms with van der Waals surface area (Å²) < 4.78 is 5.64. The van der Waals surface area contributed by atoms with Crippen LogP contribution in [0, 0.1) is 11.3 Å². The van der Waals surface area contributed by atoms with Crippen LogP contribution in [-0.2, 0) is 16.0 Å². The van der Waals surface area contributed by atoms with Gasteiger partial charge in [0, 0.05) is 25.9 Å². The minimum Gasteiger partial charge on any atom is -0.441 e. The van der Waals surface area contributed by atoms with E-state index in [0.29, 0.717) is 29.6 Å². The van der Waals surface area contributed by atoms with E-state index in [1.807, 2.05) is 6.07 Å². The predicted molar refractivity (Wildman–Crippen MR) is 102 cm³/mol. The molecule has 9 heteroatoms. The van der Waals surface area contributed by atoms with Gasteiger partial charge >= 0.3 is 12.0 Å². The van der Waals surface area contributed by atoms with E-state index in [1.54, 1.807) is 36.2 Å². The summed E-state index contributed by atoms with van der Waals surface area (Å²) in [5.74, 6) is 0.0187. The maximum atomic E-state index is 12.7. The molecule has 0 bridgehead atoms. The summed E-state index contributed by atoms with van der Waals surface area (Å²) in [7, 11) is 1.72. The molecule has 2 amide bonds. The summed E-state index contributed by atoms with van der Waals surface area (Å²) in [4.78, 5) is 28.2. The Morgan fingerprint density at radius 1 is 1.29 bits per heavy atom. The van der Waals surface area contributed by atoms with E-state index in [0.717, 1.165) is 23.4 Å². The lowest BCUT2D eigenvalue weighted by Gasteiger charge is -2.37. The summed E-state index contributed by atoms with van der Waals surface area (Å²) in [5.41, 5.74) is 1.29. The third-order valence-electron chi connectivity index (χ3n) is 4.79. The lowest BCUT2D eigenvalue weighted by Crippen LogP contribution is -2.54. The van der Waals surface area contributed by atoms with E-state index >= 15 is 0 Å². The van der Waals surface area contributed by atoms with E-state index < -0.39 is 12.2 Å². The number of nitriles is 1. The van der Waals surface area contributed by atoms with Crippen molar-refractivity contribution in [2.24, 2.45) is 0 Å². The summed E-state index contributed by atoms with van der Waals surface area (Å²) in [5, 5.41) is 18.6. The van der Waals surface area contributed by atoms with E-state index in [1.165, 1.54) is 16.2 Å². The van der Waals surface area contributed by atoms with Gasteiger partial charge in [0.15, 0.2) is 6.23 Å². The number of anilines is 1. The van der Waals surface area contributed by atoms with Gasteiger partial charge in [-0.1, -0.05) is 23.5 Å². The maximum absolute atomic E-state index is 12.7. The zero-order valence-corrected chi connectivity index (χ0v) is 16.2. The van der Waals surface area contributed by atoms with Crippen molar-refractivity contribution < 1.29 is 14.3 Å². The molecule has 4 rings (SSSR count). The third-order valence-corrected chi connectivity index (χ3v) is 5.88. The number of carbonyl (C=O) groups excluding carboxylic acids is 2. The molecule has 1 unspecified atom stereocenters. The number of esters is 1. The van der Waals surface area contributed by atoms with Gasteiger partial charge in [-0.25, -0.2) is 9.69 Å². The topological polar surface area (TPSA) is 99.4 Å². The summed E-state index contributed by atoms with van der Waals surface area (Å²) in [6, 6.07) is 8.57. The normalized spacial score (nSPS) is 19.4. The molecular weight excluding hydrogens is 378 g/mol. The van der Waals surface area contributed by atoms with Crippen LogP contribution in [0.5, 0.6) is 0 Å². The molecule has 144 valence electrons. The number of hydrogen-bond acceptors (Lipinski definition) is 7. The van der Waals surface area contributed by atoms with Gasteiger partial charge in [-0.05, 0) is 30.5 Å². The van der Waals surface area contributed by atoms with E-state index in [9.17, 15) is 9.59 Å². The largest absolute Gasteiger partial charge is 0.441 e. The van der Waals surface area contributed by atoms with E-state index in [4.69, 9.17) is 10.00 Å². The first-order chi connectivity index (χ1) is 13.5. The summed E-state index contributed by atoms with van der Waals surface area (Å²) in [6.45, 7) is 0.498. The Morgan fingerprint density at radius 3 is 2.71 bits per heavy atom. The van der Waals surface area contributed by atoms with Crippen LogP contribution in [-0.4, -0.2) is 46.9 Å². The van der Waals surface area contributed by atoms with E-state index in [-0.39, 0.29) is 12.5 Å². The third kappa shape index (κ3) is 3.82. The number of aromatic nitrogens is 2. The first kappa shape index (κ1) is 18.4. The molecule has 28 heavy (non-hydrogen) atoms. The molecule has 0 N–H and O–H groups in total. The van der Waals surface area contributed by atoms with E-state index in [2.05, 4.69) is 10.2 Å². The second kappa shape index (κ2) is 7.56. The number of benzene rings is 1. The number of ether oxygens (including phenoxy) is 1. The van der Waals surface area contributed by atoms with Gasteiger partial charge < -0.3 is 9.64 Å². The molecule has 1 atom stereocenters. The lowest BCUT2D eigenvalue weighted by molar-refractivity contribution is -0.148. The molecule has 1 saturated heterocycles. The molecule has 1 aromatic carbocycles. The Balaban J connectivity index is 1.47. The fraction of sp³-hybridized carbons (Fsp3) is 0.421. The number of urea groups is 1. The van der Waals surface area contributed by atoms with Gasteiger partial charge in [0.1, 0.15) is 5.01 Å². The van der Waals surface area contributed by atoms with Crippen molar-refractivity contribution in [2.45, 2.75) is 37.8 Å². The standard InChI is InChI=1S/C19H19N5O3S/c1-23-9-8-15(27-16(25)10-12-2-4-13(11-20)5-3-12)24(19(23)26)18-22-21-17(28-18)14-6-7-14/h2-5,14-15H,6-10H2,1H3. The minimum atomic E-state index is -0.699. The Hall–Kier alpha value is -2.99. The Kier molecular flexibility index (Phi) is 4.96. The predicted octanol–water partition coefficient (Wildman–Crippen LogP) is 2.66. The first-order valence-corrected chi connectivity index (χ1v) is 9.93. The highest BCUT2D eigenvalue weighted by atomic mass is 32.1. The second-order valence-electron chi connectivity index (χ2n) is 6.99. The molecule has 2 heterocycles. The maximum Gasteiger partial charge on any atom is 0.329 e. The van der Waals surface area contributed by atoms with Crippen LogP contribution in [0.3, 0.4) is 0 Å². The SMILES string of the molecule is CN1CCC(OC(=O)Cc2ccc(C#N)cc2)N(c2nnc(C3CC3)s2)C1=O. The number of hydrogen-bond donors (Lipinski definition) is 0. The molecule has 0 spiro atoms. The van der Waals surface area contributed by atoms with Crippen LogP contribution in [0.15, 0.2) is 24.3 Å². The fourth-order valence-electron chi connectivity index (χ4n) is 3.03. The Bertz CT molecular complexity index is 932. The smallest absolute Gasteiger partial charge is 0.329 e. The quantitative estimate of drug-likeness (QED) is 0.719. The first-order valence-electron chi connectivity index (χ1n) is 9.11. The highest BCUT2D eigenvalue weighted by Crippen LogP contribution is 2.43. The second-order valence-corrected chi connectivity index (χ2v) is 7.98. The number of rotatable bonds is 5. The molecule has 2 fully saturated rings. The van der Waals surface area contributed by atoms with Crippen molar-refractivity contribution >= 4 is 28.5 Å². The van der Waals surface area contributed by atoms with Crippen LogP contribution in [0.2, 0.25) is 0 Å². The van der Waals surface area contributed by atoms with Crippen LogP contribution >= 0.6 is 11.3 Å². The number of nitrogens with zero attached hydrogens (tertiary/aromatic N) is 5. The van der Waals surface area contributed by atoms with Crippen LogP contribution < -0.4 is 4.90 Å². The van der Waals surface area contributed by atoms with Gasteiger partial charge in [-0.3, -0.25) is 4.79 Å². The van der Waals surface area contributed by atoms with Gasteiger partial charge in [0.25, 0.3) is 0 Å². The van der Waals surface area contributed by atoms with Gasteiger partial charge in [-0.15, -0.1) is 10.2 Å². The highest BCUT2D eigenvalue weighted by molar-refractivity contribution is 7.15. The molecule has 2 aromatic rings. The molecule has 1 aliphatic heterocycles. The van der Waals surface area contributed by atoms with Crippen LogP contribution in [0.1, 0.15) is 41.3 Å². The highest BCUT2D eigenvalue weighted by Gasteiger charge is 2.38. The number of amides is 2. The molecule has 0 radical (unpaired) electrons. The van der Waals surface area contributed by atoms with Crippen LogP contribution in [0.25, 0.3) is 0 Å². The molecule has 1 aromatic heterocycles. The van der Waals surface area contributed by atoms with Crippen molar-refractivity contribution in [3.8, 4) is 6.07 Å². The summed E-state index contributed by atoms with van der Waals surface area (Å²) in [6.07, 6.45) is 2.08. The summed E-state index contributed by atoms with van der Waals surface area (Å²) >= 11 is 1.39. The lowest BCUT2D eigenvalue weighted by atomic mass is 10.1. The van der Waals surface area contributed by atoms with Crippen molar-refractivity contribution in [3.05, 3.63) is 40.4 Å². The van der Waals surface area contributed by atoms with Crippen molar-refractivity contribution in [1.29, 1.82) is 5.26 Å². The molecule has 1 saturated carbocycles. The zero-order valence-electron chi connectivity index (χ0n) is 15.4. The van der Waals surface area contributed by atoms with Crippen molar-refractivity contribution in [1.82, 2.24) is 15.1 Å². The average molecular weight is 397 g/mol. The van der Waals surface area contributed by atoms with Crippen molar-refractivity contribution in [3.63, 3.8) is 0 Å². The molecule has 2 aliphatic rings. The Morgan fingerprint density at radius 2 is 2.04 bits per heavy atom. The molecule has 1 aliphatic carbocycles.